The van der Waals surface area contributed by atoms with Gasteiger partial charge in [0.1, 0.15) is 5.75 Å². The molecule has 0 aliphatic heterocycles. The highest BCUT2D eigenvalue weighted by Gasteiger charge is 2.13. The van der Waals surface area contributed by atoms with Crippen LogP contribution in [0.15, 0.2) is 48.5 Å². The Morgan fingerprint density at radius 2 is 1.92 bits per heavy atom. The van der Waals surface area contributed by atoms with E-state index in [9.17, 15) is 9.59 Å². The lowest BCUT2D eigenvalue weighted by Gasteiger charge is -2.17. The summed E-state index contributed by atoms with van der Waals surface area (Å²) in [6, 6.07) is 14.2. The van der Waals surface area contributed by atoms with Gasteiger partial charge in [0.25, 0.3) is 0 Å². The van der Waals surface area contributed by atoms with Crippen LogP contribution in [0.25, 0.3) is 0 Å². The summed E-state index contributed by atoms with van der Waals surface area (Å²) in [5, 5.41) is 5.69. The molecule has 0 aromatic heterocycles. The number of carbonyl (C=O) groups is 2. The van der Waals surface area contributed by atoms with Crippen LogP contribution in [0.1, 0.15) is 34.5 Å². The number of urea groups is 1. The van der Waals surface area contributed by atoms with Crippen molar-refractivity contribution in [1.29, 1.82) is 0 Å². The van der Waals surface area contributed by atoms with Crippen LogP contribution in [0, 0.1) is 0 Å². The molecule has 2 rings (SSSR count). The summed E-state index contributed by atoms with van der Waals surface area (Å²) in [7, 11) is 1.60. The summed E-state index contributed by atoms with van der Waals surface area (Å²) in [5.74, 6) is 0.275. The smallest absolute Gasteiger partial charge is 0.315 e. The Hall–Kier alpha value is -3.02. The van der Waals surface area contributed by atoms with Gasteiger partial charge in [-0.3, -0.25) is 4.79 Å². The molecule has 3 amide bonds. The third-order valence-corrected chi connectivity index (χ3v) is 3.86. The molecule has 6 nitrogen and oxygen atoms in total. The van der Waals surface area contributed by atoms with E-state index in [-0.39, 0.29) is 12.1 Å². The molecule has 0 saturated heterocycles. The molecule has 0 spiro atoms. The summed E-state index contributed by atoms with van der Waals surface area (Å²) in [4.78, 5) is 23.2. The zero-order chi connectivity index (χ0) is 18.2. The van der Waals surface area contributed by atoms with Crippen molar-refractivity contribution in [3.05, 3.63) is 65.2 Å². The maximum atomic E-state index is 12.1. The molecular formula is C19H23N3O3. The summed E-state index contributed by atoms with van der Waals surface area (Å²) in [6.45, 7) is 2.35. The second-order valence-corrected chi connectivity index (χ2v) is 5.68. The highest BCUT2D eigenvalue weighted by atomic mass is 16.5. The Kier molecular flexibility index (Phi) is 6.39. The lowest BCUT2D eigenvalue weighted by molar-refractivity contribution is 0.1000. The fourth-order valence-corrected chi connectivity index (χ4v) is 2.55. The van der Waals surface area contributed by atoms with E-state index in [0.29, 0.717) is 18.5 Å². The minimum Gasteiger partial charge on any atom is -0.496 e. The number of hydrogen-bond donors (Lipinski definition) is 3. The quantitative estimate of drug-likeness (QED) is 0.722. The molecule has 1 atom stereocenters. The highest BCUT2D eigenvalue weighted by molar-refractivity contribution is 5.92. The van der Waals surface area contributed by atoms with Crippen LogP contribution in [-0.2, 0) is 6.42 Å². The van der Waals surface area contributed by atoms with E-state index in [1.54, 1.807) is 25.3 Å². The average molecular weight is 341 g/mol. The van der Waals surface area contributed by atoms with Crippen molar-refractivity contribution in [1.82, 2.24) is 10.6 Å². The molecule has 2 aromatic carbocycles. The Morgan fingerprint density at radius 1 is 1.16 bits per heavy atom. The van der Waals surface area contributed by atoms with Crippen LogP contribution < -0.4 is 21.1 Å². The SMILES string of the molecule is COc1ccccc1[C@@H](C)NC(=O)NCCc1cccc(C(N)=O)c1. The number of carbonyl (C=O) groups excluding carboxylic acids is 2. The van der Waals surface area contributed by atoms with Crippen LogP contribution in [0.3, 0.4) is 0 Å². The molecule has 0 fully saturated rings. The molecule has 0 radical (unpaired) electrons. The first kappa shape index (κ1) is 18.3. The van der Waals surface area contributed by atoms with Crippen LogP contribution >= 0.6 is 0 Å². The van der Waals surface area contributed by atoms with Crippen LogP contribution in [0.2, 0.25) is 0 Å². The van der Waals surface area contributed by atoms with Crippen LogP contribution in [0.4, 0.5) is 4.79 Å². The second kappa shape index (κ2) is 8.73. The van der Waals surface area contributed by atoms with E-state index >= 15 is 0 Å². The maximum absolute atomic E-state index is 12.1. The molecular weight excluding hydrogens is 318 g/mol. The number of nitrogens with one attached hydrogen (secondary N) is 2. The maximum Gasteiger partial charge on any atom is 0.315 e. The first-order valence-corrected chi connectivity index (χ1v) is 8.07. The predicted molar refractivity (Wildman–Crippen MR) is 96.6 cm³/mol. The monoisotopic (exact) mass is 341 g/mol. The third-order valence-electron chi connectivity index (χ3n) is 3.86. The van der Waals surface area contributed by atoms with Gasteiger partial charge in [0.15, 0.2) is 0 Å². The molecule has 0 bridgehead atoms. The third kappa shape index (κ3) is 5.24. The van der Waals surface area contributed by atoms with Gasteiger partial charge in [0, 0.05) is 17.7 Å². The molecule has 0 aliphatic rings. The molecule has 6 heteroatoms. The standard InChI is InChI=1S/C19H23N3O3/c1-13(16-8-3-4-9-17(16)25-2)22-19(24)21-11-10-14-6-5-7-15(12-14)18(20)23/h3-9,12-13H,10-11H2,1-2H3,(H2,20,23)(H2,21,22,24)/t13-/m1/s1. The number of ether oxygens (including phenoxy) is 1. The summed E-state index contributed by atoms with van der Waals surface area (Å²) >= 11 is 0. The molecule has 0 unspecified atom stereocenters. The van der Waals surface area contributed by atoms with E-state index in [0.717, 1.165) is 16.9 Å². The van der Waals surface area contributed by atoms with Gasteiger partial charge in [-0.25, -0.2) is 4.79 Å². The van der Waals surface area contributed by atoms with Crippen LogP contribution in [0.5, 0.6) is 5.75 Å². The number of benzene rings is 2. The van der Waals surface area contributed by atoms with Gasteiger partial charge in [-0.2, -0.15) is 0 Å². The van der Waals surface area contributed by atoms with Crippen molar-refractivity contribution in [2.45, 2.75) is 19.4 Å². The average Bonchev–Trinajstić information content (AvgIpc) is 2.61. The first-order valence-electron chi connectivity index (χ1n) is 8.07. The zero-order valence-corrected chi connectivity index (χ0v) is 14.4. The van der Waals surface area contributed by atoms with Gasteiger partial charge in [-0.15, -0.1) is 0 Å². The number of hydrogen-bond acceptors (Lipinski definition) is 3. The van der Waals surface area contributed by atoms with Gasteiger partial charge < -0.3 is 21.1 Å². The lowest BCUT2D eigenvalue weighted by Crippen LogP contribution is -2.38. The van der Waals surface area contributed by atoms with Crippen molar-refractivity contribution in [2.75, 3.05) is 13.7 Å². The Bertz CT molecular complexity index is 746. The van der Waals surface area contributed by atoms with Gasteiger partial charge in [0.2, 0.25) is 5.91 Å². The largest absolute Gasteiger partial charge is 0.496 e. The van der Waals surface area contributed by atoms with Crippen molar-refractivity contribution >= 4 is 11.9 Å². The molecule has 0 aliphatic carbocycles. The topological polar surface area (TPSA) is 93.4 Å². The van der Waals surface area contributed by atoms with Gasteiger partial charge in [0.05, 0.1) is 13.2 Å². The Balaban J connectivity index is 1.84. The van der Waals surface area contributed by atoms with Gasteiger partial charge >= 0.3 is 6.03 Å². The van der Waals surface area contributed by atoms with Crippen molar-refractivity contribution in [3.63, 3.8) is 0 Å². The first-order chi connectivity index (χ1) is 12.0. The second-order valence-electron chi connectivity index (χ2n) is 5.68. The van der Waals surface area contributed by atoms with E-state index in [2.05, 4.69) is 10.6 Å². The van der Waals surface area contributed by atoms with E-state index < -0.39 is 5.91 Å². The molecule has 2 aromatic rings. The van der Waals surface area contributed by atoms with E-state index in [1.807, 2.05) is 37.3 Å². The molecule has 0 heterocycles. The van der Waals surface area contributed by atoms with E-state index in [4.69, 9.17) is 10.5 Å². The number of methoxy groups -OCH3 is 1. The number of amides is 3. The molecule has 132 valence electrons. The van der Waals surface area contributed by atoms with Gasteiger partial charge in [-0.1, -0.05) is 30.3 Å². The minimum absolute atomic E-state index is 0.186. The van der Waals surface area contributed by atoms with E-state index in [1.165, 1.54) is 0 Å². The lowest BCUT2D eigenvalue weighted by atomic mass is 10.1. The number of para-hydroxylation sites is 1. The van der Waals surface area contributed by atoms with Crippen molar-refractivity contribution in [3.8, 4) is 5.75 Å². The minimum atomic E-state index is -0.460. The number of primary amides is 1. The Morgan fingerprint density at radius 3 is 2.64 bits per heavy atom. The van der Waals surface area contributed by atoms with Crippen molar-refractivity contribution in [2.24, 2.45) is 5.73 Å². The predicted octanol–water partition coefficient (Wildman–Crippen LogP) is 2.40. The van der Waals surface area contributed by atoms with Crippen molar-refractivity contribution < 1.29 is 14.3 Å². The fraction of sp³-hybridized carbons (Fsp3) is 0.263. The zero-order valence-electron chi connectivity index (χ0n) is 14.4. The molecule has 4 N–H and O–H groups in total. The number of rotatable bonds is 7. The highest BCUT2D eigenvalue weighted by Crippen LogP contribution is 2.24. The molecule has 25 heavy (non-hydrogen) atoms. The Labute approximate surface area is 147 Å². The fourth-order valence-electron chi connectivity index (χ4n) is 2.55. The summed E-state index contributed by atoms with van der Waals surface area (Å²) in [5.41, 5.74) is 7.58. The van der Waals surface area contributed by atoms with Gasteiger partial charge in [-0.05, 0) is 37.1 Å². The summed E-state index contributed by atoms with van der Waals surface area (Å²) < 4.78 is 5.31. The summed E-state index contributed by atoms with van der Waals surface area (Å²) in [6.07, 6.45) is 0.609. The van der Waals surface area contributed by atoms with Crippen LogP contribution in [-0.4, -0.2) is 25.6 Å². The normalized spacial score (nSPS) is 11.4. The number of nitrogens with two attached hydrogens (primary N) is 1. The molecule has 0 saturated carbocycles.